The van der Waals surface area contributed by atoms with Crippen molar-refractivity contribution in [2.45, 2.75) is 26.3 Å². The van der Waals surface area contributed by atoms with Gasteiger partial charge < -0.3 is 10.1 Å². The predicted molar refractivity (Wildman–Crippen MR) is 119 cm³/mol. The van der Waals surface area contributed by atoms with Gasteiger partial charge in [-0.05, 0) is 50.6 Å². The van der Waals surface area contributed by atoms with E-state index < -0.39 is 33.6 Å². The highest BCUT2D eigenvalue weighted by Crippen LogP contribution is 2.32. The van der Waals surface area contributed by atoms with Crippen molar-refractivity contribution in [2.75, 3.05) is 24.7 Å². The van der Waals surface area contributed by atoms with Crippen LogP contribution in [0.2, 0.25) is 0 Å². The largest absolute Gasteiger partial charge is 0.465 e. The highest BCUT2D eigenvalue weighted by atomic mass is 32.2. The summed E-state index contributed by atoms with van der Waals surface area (Å²) in [5.41, 5.74) is 2.06. The van der Waals surface area contributed by atoms with Crippen LogP contribution in [0.5, 0.6) is 0 Å². The molecule has 3 aromatic rings. The lowest BCUT2D eigenvalue weighted by molar-refractivity contribution is -0.141. The summed E-state index contributed by atoms with van der Waals surface area (Å²) in [5, 5.41) is 7.52. The second kappa shape index (κ2) is 8.89. The van der Waals surface area contributed by atoms with Gasteiger partial charge in [0.25, 0.3) is 5.91 Å². The van der Waals surface area contributed by atoms with Crippen LogP contribution in [-0.4, -0.2) is 59.7 Å². The molecule has 1 atom stereocenters. The monoisotopic (exact) mass is 474 g/mol. The molecule has 0 spiro atoms. The van der Waals surface area contributed by atoms with Gasteiger partial charge in [-0.2, -0.15) is 5.10 Å². The van der Waals surface area contributed by atoms with Crippen LogP contribution in [0.15, 0.2) is 30.3 Å². The van der Waals surface area contributed by atoms with Gasteiger partial charge in [0.05, 0.1) is 46.5 Å². The van der Waals surface area contributed by atoms with Gasteiger partial charge in [-0.15, -0.1) is 0 Å². The van der Waals surface area contributed by atoms with E-state index in [1.54, 1.807) is 24.6 Å². The van der Waals surface area contributed by atoms with E-state index in [1.165, 1.54) is 24.3 Å². The second-order valence-corrected chi connectivity index (χ2v) is 10.1. The number of ether oxygens (including phenoxy) is 1. The maximum atomic E-state index is 13.4. The number of benzene rings is 1. The molecule has 1 aliphatic heterocycles. The Labute approximate surface area is 189 Å². The number of hydrogen-bond acceptors (Lipinski definition) is 7. The van der Waals surface area contributed by atoms with Crippen LogP contribution in [0.25, 0.3) is 22.3 Å². The Hall–Kier alpha value is -3.34. The van der Waals surface area contributed by atoms with Crippen LogP contribution in [0, 0.1) is 12.7 Å². The topological polar surface area (TPSA) is 120 Å². The fourth-order valence-corrected chi connectivity index (χ4v) is 5.64. The third kappa shape index (κ3) is 4.72. The number of rotatable bonds is 6. The van der Waals surface area contributed by atoms with Crippen LogP contribution in [0.3, 0.4) is 0 Å². The molecule has 9 nitrogen and oxygen atoms in total. The molecular formula is C22H23FN4O5S. The van der Waals surface area contributed by atoms with Crippen molar-refractivity contribution in [2.24, 2.45) is 0 Å². The predicted octanol–water partition coefficient (Wildman–Crippen LogP) is 2.20. The molecule has 2 aromatic heterocycles. The number of amides is 1. The summed E-state index contributed by atoms with van der Waals surface area (Å²) >= 11 is 0. The minimum absolute atomic E-state index is 0.0581. The summed E-state index contributed by atoms with van der Waals surface area (Å²) in [6.45, 7) is 3.27. The van der Waals surface area contributed by atoms with E-state index in [9.17, 15) is 22.4 Å². The van der Waals surface area contributed by atoms with Gasteiger partial charge in [0.1, 0.15) is 12.4 Å². The lowest BCUT2D eigenvalue weighted by Gasteiger charge is -2.12. The Kier molecular flexibility index (Phi) is 6.15. The number of aromatic nitrogens is 3. The number of nitrogens with zero attached hydrogens (tertiary/aromatic N) is 3. The molecule has 1 N–H and O–H groups in total. The van der Waals surface area contributed by atoms with Crippen LogP contribution < -0.4 is 5.32 Å². The summed E-state index contributed by atoms with van der Waals surface area (Å²) < 4.78 is 44.0. The third-order valence-electron chi connectivity index (χ3n) is 5.47. The lowest BCUT2D eigenvalue weighted by Crippen LogP contribution is -2.30. The zero-order chi connectivity index (χ0) is 23.8. The fourth-order valence-electron chi connectivity index (χ4n) is 3.94. The lowest BCUT2D eigenvalue weighted by atomic mass is 10.0. The molecule has 1 amide bonds. The maximum Gasteiger partial charge on any atom is 0.325 e. The normalized spacial score (nSPS) is 17.2. The van der Waals surface area contributed by atoms with Crippen molar-refractivity contribution in [1.82, 2.24) is 20.1 Å². The zero-order valence-corrected chi connectivity index (χ0v) is 19.0. The Balaban J connectivity index is 1.83. The van der Waals surface area contributed by atoms with Gasteiger partial charge in [0.15, 0.2) is 15.5 Å². The summed E-state index contributed by atoms with van der Waals surface area (Å²) in [4.78, 5) is 29.4. The van der Waals surface area contributed by atoms with Gasteiger partial charge in [-0.3, -0.25) is 9.59 Å². The first-order valence-electron chi connectivity index (χ1n) is 10.5. The molecule has 11 heteroatoms. The number of pyridine rings is 1. The van der Waals surface area contributed by atoms with E-state index in [2.05, 4.69) is 15.4 Å². The Morgan fingerprint density at radius 3 is 2.64 bits per heavy atom. The van der Waals surface area contributed by atoms with E-state index in [-0.39, 0.29) is 30.2 Å². The smallest absolute Gasteiger partial charge is 0.325 e. The van der Waals surface area contributed by atoms with Crippen LogP contribution >= 0.6 is 0 Å². The van der Waals surface area contributed by atoms with Gasteiger partial charge >= 0.3 is 5.97 Å². The SMILES string of the molecule is CCOC(=O)CNC(=O)c1cc(-c2ccc(F)cc2)nc2c1c(C)nn2C1CCS(=O)(=O)C1. The van der Waals surface area contributed by atoms with Crippen molar-refractivity contribution < 1.29 is 27.1 Å². The first kappa shape index (κ1) is 22.8. The average Bonchev–Trinajstić information content (AvgIpc) is 3.31. The highest BCUT2D eigenvalue weighted by Gasteiger charge is 2.32. The van der Waals surface area contributed by atoms with Crippen LogP contribution in [0.1, 0.15) is 35.4 Å². The van der Waals surface area contributed by atoms with E-state index in [1.807, 2.05) is 0 Å². The molecule has 1 unspecified atom stereocenters. The molecule has 0 radical (unpaired) electrons. The Morgan fingerprint density at radius 1 is 1.27 bits per heavy atom. The third-order valence-corrected chi connectivity index (χ3v) is 7.22. The maximum absolute atomic E-state index is 13.4. The summed E-state index contributed by atoms with van der Waals surface area (Å²) in [7, 11) is -3.18. The molecule has 33 heavy (non-hydrogen) atoms. The molecule has 0 bridgehead atoms. The quantitative estimate of drug-likeness (QED) is 0.544. The number of aryl methyl sites for hydroxylation is 1. The molecule has 4 rings (SSSR count). The number of halogens is 1. The Morgan fingerprint density at radius 2 is 2.00 bits per heavy atom. The van der Waals surface area contributed by atoms with Crippen molar-refractivity contribution in [3.8, 4) is 11.3 Å². The summed E-state index contributed by atoms with van der Waals surface area (Å²) in [6, 6.07) is 6.80. The van der Waals surface area contributed by atoms with E-state index in [4.69, 9.17) is 4.74 Å². The summed E-state index contributed by atoms with van der Waals surface area (Å²) in [6.07, 6.45) is 0.394. The summed E-state index contributed by atoms with van der Waals surface area (Å²) in [5.74, 6) is -1.51. The number of esters is 1. The number of nitrogens with one attached hydrogen (secondary N) is 1. The number of hydrogen-bond donors (Lipinski definition) is 1. The molecule has 1 saturated heterocycles. The molecular weight excluding hydrogens is 451 g/mol. The number of carbonyl (C=O) groups excluding carboxylic acids is 2. The molecule has 1 aromatic carbocycles. The second-order valence-electron chi connectivity index (χ2n) is 7.84. The van der Waals surface area contributed by atoms with Gasteiger partial charge in [-0.25, -0.2) is 22.5 Å². The van der Waals surface area contributed by atoms with Crippen LogP contribution in [0.4, 0.5) is 4.39 Å². The number of sulfone groups is 1. The van der Waals surface area contributed by atoms with Crippen molar-refractivity contribution in [3.05, 3.63) is 47.4 Å². The molecule has 174 valence electrons. The molecule has 0 aliphatic carbocycles. The van der Waals surface area contributed by atoms with Crippen molar-refractivity contribution >= 4 is 32.7 Å². The van der Waals surface area contributed by atoms with Gasteiger partial charge in [0, 0.05) is 5.56 Å². The first-order chi connectivity index (χ1) is 15.7. The standard InChI is InChI=1S/C22H23FN4O5S/c1-3-32-19(28)11-24-22(29)17-10-18(14-4-6-15(23)7-5-14)25-21-20(17)13(2)26-27(21)16-8-9-33(30,31)12-16/h4-7,10,16H,3,8-9,11-12H2,1-2H3,(H,24,29). The van der Waals surface area contributed by atoms with Gasteiger partial charge in [-0.1, -0.05) is 0 Å². The fraction of sp³-hybridized carbons (Fsp3) is 0.364. The molecule has 3 heterocycles. The number of carbonyl (C=O) groups is 2. The van der Waals surface area contributed by atoms with Crippen molar-refractivity contribution in [3.63, 3.8) is 0 Å². The number of fused-ring (bicyclic) bond motifs is 1. The Bertz CT molecular complexity index is 1340. The van der Waals surface area contributed by atoms with E-state index in [0.717, 1.165) is 0 Å². The van der Waals surface area contributed by atoms with Crippen molar-refractivity contribution in [1.29, 1.82) is 0 Å². The van der Waals surface area contributed by atoms with Gasteiger partial charge in [0.2, 0.25) is 0 Å². The zero-order valence-electron chi connectivity index (χ0n) is 18.2. The molecule has 1 fully saturated rings. The minimum Gasteiger partial charge on any atom is -0.465 e. The highest BCUT2D eigenvalue weighted by molar-refractivity contribution is 7.91. The van der Waals surface area contributed by atoms with Crippen LogP contribution in [-0.2, 0) is 19.4 Å². The minimum atomic E-state index is -3.18. The first-order valence-corrected chi connectivity index (χ1v) is 12.3. The van der Waals surface area contributed by atoms with E-state index in [0.29, 0.717) is 34.4 Å². The molecule has 1 aliphatic rings. The van der Waals surface area contributed by atoms with E-state index >= 15 is 0 Å². The molecule has 0 saturated carbocycles. The average molecular weight is 475 g/mol.